The molecule has 1 aromatic carbocycles. The van der Waals surface area contributed by atoms with Crippen LogP contribution in [0.2, 0.25) is 5.02 Å². The number of rotatable bonds is 1. The molecule has 2 rings (SSSR count). The molecule has 15 heavy (non-hydrogen) atoms. The van der Waals surface area contributed by atoms with Crippen molar-refractivity contribution in [1.29, 1.82) is 0 Å². The quantitative estimate of drug-likeness (QED) is 0.750. The Morgan fingerprint density at radius 3 is 2.73 bits per heavy atom. The summed E-state index contributed by atoms with van der Waals surface area (Å²) < 4.78 is 1.04. The van der Waals surface area contributed by atoms with Gasteiger partial charge in [0.2, 0.25) is 0 Å². The van der Waals surface area contributed by atoms with E-state index >= 15 is 0 Å². The average molecular weight is 285 g/mol. The van der Waals surface area contributed by atoms with Gasteiger partial charge in [-0.25, -0.2) is 0 Å². The molecule has 0 unspecified atom stereocenters. The third-order valence-corrected chi connectivity index (χ3v) is 3.20. The van der Waals surface area contributed by atoms with Crippen molar-refractivity contribution >= 4 is 38.4 Å². The maximum atomic E-state index is 6.22. The molecule has 0 radical (unpaired) electrons. The van der Waals surface area contributed by atoms with Gasteiger partial charge in [0.05, 0.1) is 10.5 Å². The van der Waals surface area contributed by atoms with Gasteiger partial charge in [-0.05, 0) is 37.1 Å². The highest BCUT2D eigenvalue weighted by Gasteiger charge is 2.06. The Bertz CT molecular complexity index is 523. The van der Waals surface area contributed by atoms with Gasteiger partial charge >= 0.3 is 0 Å². The largest absolute Gasteiger partial charge is 0.252 e. The highest BCUT2D eigenvalue weighted by molar-refractivity contribution is 9.10. The third kappa shape index (κ3) is 2.01. The van der Waals surface area contributed by atoms with E-state index in [1.54, 1.807) is 0 Å². The fourth-order valence-corrected chi connectivity index (χ4v) is 2.49. The lowest BCUT2D eigenvalue weighted by atomic mass is 10.1. The molecule has 2 aromatic rings. The van der Waals surface area contributed by atoms with Gasteiger partial charge in [0.25, 0.3) is 0 Å². The van der Waals surface area contributed by atoms with Crippen LogP contribution in [0.5, 0.6) is 0 Å². The number of pyridine rings is 1. The molecule has 0 spiro atoms. The maximum Gasteiger partial charge on any atom is 0.0750 e. The lowest BCUT2D eigenvalue weighted by Gasteiger charge is -2.07. The van der Waals surface area contributed by atoms with Crippen molar-refractivity contribution in [3.05, 3.63) is 39.0 Å². The van der Waals surface area contributed by atoms with Crippen LogP contribution >= 0.6 is 27.5 Å². The summed E-state index contributed by atoms with van der Waals surface area (Å²) in [5.41, 5.74) is 3.19. The molecular formula is C12H11BrClN. The number of benzene rings is 1. The summed E-state index contributed by atoms with van der Waals surface area (Å²) in [5.74, 6) is 0. The summed E-state index contributed by atoms with van der Waals surface area (Å²) in [5, 5.41) is 1.79. The fraction of sp³-hybridized carbons (Fsp3) is 0.250. The lowest BCUT2D eigenvalue weighted by Crippen LogP contribution is -1.91. The van der Waals surface area contributed by atoms with Crippen LogP contribution in [0.4, 0.5) is 0 Å². The normalized spacial score (nSPS) is 10.9. The standard InChI is InChI=1S/C12H11BrClN/c1-3-9-6-11(14)10-5-8(13)4-7(2)12(10)15-9/h4-6H,3H2,1-2H3. The number of fused-ring (bicyclic) bond motifs is 1. The van der Waals surface area contributed by atoms with E-state index in [0.717, 1.165) is 38.1 Å². The highest BCUT2D eigenvalue weighted by Crippen LogP contribution is 2.28. The Hall–Kier alpha value is -0.600. The number of nitrogens with zero attached hydrogens (tertiary/aromatic N) is 1. The molecule has 0 atom stereocenters. The van der Waals surface area contributed by atoms with Crippen LogP contribution in [0.25, 0.3) is 10.9 Å². The minimum Gasteiger partial charge on any atom is -0.252 e. The van der Waals surface area contributed by atoms with E-state index < -0.39 is 0 Å². The Balaban J connectivity index is 2.85. The summed E-state index contributed by atoms with van der Waals surface area (Å²) >= 11 is 9.69. The van der Waals surface area contributed by atoms with Gasteiger partial charge in [-0.15, -0.1) is 0 Å². The first-order valence-electron chi connectivity index (χ1n) is 4.87. The van der Waals surface area contributed by atoms with Crippen molar-refractivity contribution in [1.82, 2.24) is 4.98 Å². The van der Waals surface area contributed by atoms with Crippen LogP contribution in [0, 0.1) is 6.92 Å². The van der Waals surface area contributed by atoms with Crippen molar-refractivity contribution in [3.8, 4) is 0 Å². The number of hydrogen-bond donors (Lipinski definition) is 0. The van der Waals surface area contributed by atoms with Crippen molar-refractivity contribution < 1.29 is 0 Å². The molecule has 3 heteroatoms. The third-order valence-electron chi connectivity index (χ3n) is 2.43. The predicted octanol–water partition coefficient (Wildman–Crippen LogP) is 4.52. The number of hydrogen-bond acceptors (Lipinski definition) is 1. The van der Waals surface area contributed by atoms with Gasteiger partial charge in [0, 0.05) is 15.6 Å². The molecule has 0 aliphatic heterocycles. The van der Waals surface area contributed by atoms with E-state index in [4.69, 9.17) is 11.6 Å². The second-order valence-corrected chi connectivity index (χ2v) is 4.89. The molecule has 0 aliphatic carbocycles. The summed E-state index contributed by atoms with van der Waals surface area (Å²) in [6, 6.07) is 6.01. The van der Waals surface area contributed by atoms with E-state index in [9.17, 15) is 0 Å². The van der Waals surface area contributed by atoms with Crippen LogP contribution in [0.1, 0.15) is 18.2 Å². The van der Waals surface area contributed by atoms with Crippen LogP contribution in [-0.2, 0) is 6.42 Å². The highest BCUT2D eigenvalue weighted by atomic mass is 79.9. The minimum atomic E-state index is 0.779. The zero-order valence-electron chi connectivity index (χ0n) is 8.64. The minimum absolute atomic E-state index is 0.779. The van der Waals surface area contributed by atoms with Gasteiger partial charge < -0.3 is 0 Å². The van der Waals surface area contributed by atoms with E-state index in [-0.39, 0.29) is 0 Å². The molecular weight excluding hydrogens is 273 g/mol. The summed E-state index contributed by atoms with van der Waals surface area (Å²) in [6.45, 7) is 4.13. The molecule has 0 bridgehead atoms. The second kappa shape index (κ2) is 4.11. The molecule has 0 saturated heterocycles. The Labute approximate surface area is 103 Å². The molecule has 1 aromatic heterocycles. The van der Waals surface area contributed by atoms with E-state index in [1.807, 2.05) is 12.1 Å². The fourth-order valence-electron chi connectivity index (χ4n) is 1.65. The molecule has 0 saturated carbocycles. The number of aryl methyl sites for hydroxylation is 2. The summed E-state index contributed by atoms with van der Waals surface area (Å²) in [7, 11) is 0. The first-order chi connectivity index (χ1) is 7.11. The number of aromatic nitrogens is 1. The first kappa shape index (κ1) is 10.9. The Morgan fingerprint density at radius 1 is 1.33 bits per heavy atom. The van der Waals surface area contributed by atoms with Crippen molar-refractivity contribution in [2.75, 3.05) is 0 Å². The predicted molar refractivity (Wildman–Crippen MR) is 68.6 cm³/mol. The Morgan fingerprint density at radius 2 is 2.07 bits per heavy atom. The maximum absolute atomic E-state index is 6.22. The van der Waals surface area contributed by atoms with Gasteiger partial charge in [-0.3, -0.25) is 4.98 Å². The van der Waals surface area contributed by atoms with E-state index in [0.29, 0.717) is 0 Å². The molecule has 78 valence electrons. The van der Waals surface area contributed by atoms with E-state index in [1.165, 1.54) is 0 Å². The van der Waals surface area contributed by atoms with Gasteiger partial charge in [-0.1, -0.05) is 34.5 Å². The van der Waals surface area contributed by atoms with Crippen molar-refractivity contribution in [3.63, 3.8) is 0 Å². The van der Waals surface area contributed by atoms with Crippen LogP contribution in [-0.4, -0.2) is 4.98 Å². The van der Waals surface area contributed by atoms with Crippen LogP contribution in [0.15, 0.2) is 22.7 Å². The number of halogens is 2. The van der Waals surface area contributed by atoms with E-state index in [2.05, 4.69) is 40.8 Å². The second-order valence-electron chi connectivity index (χ2n) is 3.57. The SMILES string of the molecule is CCc1cc(Cl)c2cc(Br)cc(C)c2n1. The topological polar surface area (TPSA) is 12.9 Å². The molecule has 1 heterocycles. The smallest absolute Gasteiger partial charge is 0.0750 e. The Kier molecular flexibility index (Phi) is 2.98. The van der Waals surface area contributed by atoms with Crippen LogP contribution < -0.4 is 0 Å². The van der Waals surface area contributed by atoms with Gasteiger partial charge in [0.1, 0.15) is 0 Å². The van der Waals surface area contributed by atoms with Crippen molar-refractivity contribution in [2.45, 2.75) is 20.3 Å². The zero-order valence-corrected chi connectivity index (χ0v) is 11.0. The van der Waals surface area contributed by atoms with Gasteiger partial charge in [0.15, 0.2) is 0 Å². The molecule has 0 amide bonds. The summed E-state index contributed by atoms with van der Waals surface area (Å²) in [4.78, 5) is 4.59. The molecule has 0 aliphatic rings. The summed E-state index contributed by atoms with van der Waals surface area (Å²) in [6.07, 6.45) is 0.908. The molecule has 0 fully saturated rings. The van der Waals surface area contributed by atoms with Crippen LogP contribution in [0.3, 0.4) is 0 Å². The van der Waals surface area contributed by atoms with Gasteiger partial charge in [-0.2, -0.15) is 0 Å². The monoisotopic (exact) mass is 283 g/mol. The molecule has 0 N–H and O–H groups in total. The molecule has 1 nitrogen and oxygen atoms in total. The first-order valence-corrected chi connectivity index (χ1v) is 6.04. The van der Waals surface area contributed by atoms with Crippen molar-refractivity contribution in [2.24, 2.45) is 0 Å². The zero-order chi connectivity index (χ0) is 11.0. The average Bonchev–Trinajstić information content (AvgIpc) is 2.19. The lowest BCUT2D eigenvalue weighted by molar-refractivity contribution is 1.05.